The minimum Gasteiger partial charge on any atom is -0.491 e. The third-order valence-electron chi connectivity index (χ3n) is 5.69. The Bertz CT molecular complexity index is 1260. The van der Waals surface area contributed by atoms with Crippen molar-refractivity contribution in [2.45, 2.75) is 13.5 Å². The maximum atomic E-state index is 13.6. The van der Waals surface area contributed by atoms with Crippen LogP contribution < -0.4 is 14.8 Å². The Morgan fingerprint density at radius 1 is 1.12 bits per heavy atom. The van der Waals surface area contributed by atoms with E-state index in [2.05, 4.69) is 15.3 Å². The van der Waals surface area contributed by atoms with Crippen LogP contribution in [-0.4, -0.2) is 42.4 Å². The number of hydrogen-bond acceptors (Lipinski definition) is 6. The number of nitrogens with zero attached hydrogens (tertiary/aromatic N) is 3. The molecule has 34 heavy (non-hydrogen) atoms. The van der Waals surface area contributed by atoms with Gasteiger partial charge in [-0.05, 0) is 54.0 Å². The monoisotopic (exact) mass is 476 g/mol. The van der Waals surface area contributed by atoms with Crippen molar-refractivity contribution < 1.29 is 14.3 Å². The Morgan fingerprint density at radius 2 is 1.94 bits per heavy atom. The molecule has 3 heterocycles. The van der Waals surface area contributed by atoms with Crippen LogP contribution in [0.25, 0.3) is 5.57 Å². The Labute approximate surface area is 203 Å². The van der Waals surface area contributed by atoms with Crippen LogP contribution in [0.15, 0.2) is 72.0 Å². The normalized spacial score (nSPS) is 17.4. The molecule has 7 nitrogen and oxygen atoms in total. The van der Waals surface area contributed by atoms with Crippen LogP contribution in [0, 0.1) is 5.41 Å². The number of halogens is 1. The van der Waals surface area contributed by atoms with Gasteiger partial charge in [-0.2, -0.15) is 0 Å². The lowest BCUT2D eigenvalue weighted by Gasteiger charge is -2.31. The zero-order chi connectivity index (χ0) is 24.1. The number of hydrogen-bond donors (Lipinski definition) is 1. The van der Waals surface area contributed by atoms with E-state index in [4.69, 9.17) is 26.1 Å². The molecule has 0 aliphatic carbocycles. The number of amides is 1. The van der Waals surface area contributed by atoms with E-state index in [0.29, 0.717) is 34.6 Å². The first-order valence-electron chi connectivity index (χ1n) is 10.7. The molecule has 0 radical (unpaired) electrons. The molecule has 3 aromatic rings. The molecule has 0 saturated heterocycles. The highest BCUT2D eigenvalue weighted by Gasteiger charge is 2.40. The molecule has 1 aliphatic rings. The van der Waals surface area contributed by atoms with E-state index in [1.165, 1.54) is 7.11 Å². The van der Waals surface area contributed by atoms with Gasteiger partial charge in [0.25, 0.3) is 5.88 Å². The molecule has 8 heteroatoms. The smallest absolute Gasteiger partial charge is 0.257 e. The Balaban J connectivity index is 1.66. The van der Waals surface area contributed by atoms with Crippen molar-refractivity contribution in [3.63, 3.8) is 0 Å². The van der Waals surface area contributed by atoms with Crippen molar-refractivity contribution in [2.24, 2.45) is 10.4 Å². The molecular formula is C26H25ClN4O3. The van der Waals surface area contributed by atoms with Gasteiger partial charge in [-0.1, -0.05) is 35.9 Å². The Morgan fingerprint density at radius 3 is 2.65 bits per heavy atom. The molecule has 1 atom stereocenters. The third kappa shape index (κ3) is 4.79. The van der Waals surface area contributed by atoms with Gasteiger partial charge in [-0.25, -0.2) is 4.98 Å². The Kier molecular flexibility index (Phi) is 6.93. The van der Waals surface area contributed by atoms with Crippen LogP contribution in [-0.2, 0) is 11.3 Å². The van der Waals surface area contributed by atoms with Gasteiger partial charge in [0, 0.05) is 17.4 Å². The molecule has 1 unspecified atom stereocenters. The summed E-state index contributed by atoms with van der Waals surface area (Å²) in [5.74, 6) is 0.679. The van der Waals surface area contributed by atoms with E-state index in [0.717, 1.165) is 16.7 Å². The lowest BCUT2D eigenvalue weighted by atomic mass is 9.76. The van der Waals surface area contributed by atoms with Gasteiger partial charge < -0.3 is 14.8 Å². The topological polar surface area (TPSA) is 85.7 Å². The number of aromatic nitrogens is 2. The van der Waals surface area contributed by atoms with Gasteiger partial charge >= 0.3 is 0 Å². The average molecular weight is 477 g/mol. The second kappa shape index (κ2) is 10.1. The molecule has 1 N–H and O–H groups in total. The first kappa shape index (κ1) is 23.4. The Hall–Kier alpha value is -3.71. The number of carbonyl (C=O) groups excluding carboxylic acids is 1. The number of rotatable bonds is 7. The number of pyridine rings is 2. The molecule has 0 saturated carbocycles. The van der Waals surface area contributed by atoms with Crippen molar-refractivity contribution in [3.8, 4) is 11.6 Å². The SMILES string of the molecule is COc1ccc(CNC(=O)C2(C)C=C(c3cccnc3)CN=C2c2cccc(Cl)c2)nc1OC. The molecule has 0 bridgehead atoms. The van der Waals surface area contributed by atoms with Crippen LogP contribution in [0.5, 0.6) is 11.6 Å². The molecule has 1 aromatic carbocycles. The van der Waals surface area contributed by atoms with Gasteiger partial charge in [0.2, 0.25) is 5.91 Å². The highest BCUT2D eigenvalue weighted by molar-refractivity contribution is 6.31. The fraction of sp³-hybridized carbons (Fsp3) is 0.231. The lowest BCUT2D eigenvalue weighted by molar-refractivity contribution is -0.125. The summed E-state index contributed by atoms with van der Waals surface area (Å²) in [5.41, 5.74) is 2.92. The maximum Gasteiger partial charge on any atom is 0.257 e. The molecule has 0 spiro atoms. The minimum absolute atomic E-state index is 0.205. The molecule has 1 amide bonds. The van der Waals surface area contributed by atoms with E-state index in [1.54, 1.807) is 37.7 Å². The number of benzene rings is 1. The minimum atomic E-state index is -1.04. The standard InChI is InChI=1S/C26H25ClN4O3/c1-26(25(32)30-16-21-9-10-22(33-2)24(31-21)34-3)13-19(18-7-5-11-28-14-18)15-29-23(26)17-6-4-8-20(27)12-17/h4-14H,15-16H2,1-3H3,(H,30,32). The van der Waals surface area contributed by atoms with Crippen molar-refractivity contribution in [1.82, 2.24) is 15.3 Å². The number of methoxy groups -OCH3 is 2. The number of dihydropyridines is 1. The van der Waals surface area contributed by atoms with Gasteiger partial charge in [0.1, 0.15) is 5.41 Å². The van der Waals surface area contributed by atoms with E-state index in [1.807, 2.05) is 43.3 Å². The largest absolute Gasteiger partial charge is 0.491 e. The zero-order valence-electron chi connectivity index (χ0n) is 19.2. The summed E-state index contributed by atoms with van der Waals surface area (Å²) in [5, 5.41) is 3.60. The number of aliphatic imine (C=N–C) groups is 1. The van der Waals surface area contributed by atoms with Crippen molar-refractivity contribution in [3.05, 3.63) is 88.8 Å². The summed E-state index contributed by atoms with van der Waals surface area (Å²) in [4.78, 5) is 27.1. The van der Waals surface area contributed by atoms with Gasteiger partial charge in [0.05, 0.1) is 38.7 Å². The first-order chi connectivity index (χ1) is 16.4. The summed E-state index contributed by atoms with van der Waals surface area (Å²) in [6.07, 6.45) is 5.46. The first-order valence-corrected chi connectivity index (χ1v) is 11.1. The van der Waals surface area contributed by atoms with Crippen LogP contribution in [0.4, 0.5) is 0 Å². The van der Waals surface area contributed by atoms with Crippen LogP contribution >= 0.6 is 11.6 Å². The van der Waals surface area contributed by atoms with E-state index in [-0.39, 0.29) is 12.5 Å². The molecule has 0 fully saturated rings. The highest BCUT2D eigenvalue weighted by atomic mass is 35.5. The summed E-state index contributed by atoms with van der Waals surface area (Å²) >= 11 is 6.25. The van der Waals surface area contributed by atoms with E-state index < -0.39 is 5.41 Å². The molecule has 1 aliphatic heterocycles. The van der Waals surface area contributed by atoms with Gasteiger partial charge in [0.15, 0.2) is 5.75 Å². The summed E-state index contributed by atoms with van der Waals surface area (Å²) in [6.45, 7) is 2.51. The molecule has 174 valence electrons. The highest BCUT2D eigenvalue weighted by Crippen LogP contribution is 2.35. The zero-order valence-corrected chi connectivity index (χ0v) is 20.0. The fourth-order valence-corrected chi connectivity index (χ4v) is 4.13. The second-order valence-electron chi connectivity index (χ2n) is 7.99. The number of carbonyl (C=O) groups is 1. The predicted octanol–water partition coefficient (Wildman–Crippen LogP) is 4.36. The van der Waals surface area contributed by atoms with E-state index >= 15 is 0 Å². The average Bonchev–Trinajstić information content (AvgIpc) is 2.87. The summed E-state index contributed by atoms with van der Waals surface area (Å²) in [7, 11) is 3.07. The van der Waals surface area contributed by atoms with Gasteiger partial charge in [-0.3, -0.25) is 14.8 Å². The number of nitrogens with one attached hydrogen (secondary N) is 1. The van der Waals surface area contributed by atoms with Crippen molar-refractivity contribution in [2.75, 3.05) is 20.8 Å². The van der Waals surface area contributed by atoms with Crippen molar-refractivity contribution in [1.29, 1.82) is 0 Å². The second-order valence-corrected chi connectivity index (χ2v) is 8.42. The number of ether oxygens (including phenoxy) is 2. The van der Waals surface area contributed by atoms with Crippen LogP contribution in [0.2, 0.25) is 5.02 Å². The van der Waals surface area contributed by atoms with Crippen LogP contribution in [0.1, 0.15) is 23.7 Å². The van der Waals surface area contributed by atoms with Crippen LogP contribution in [0.3, 0.4) is 0 Å². The molecular weight excluding hydrogens is 452 g/mol. The third-order valence-corrected chi connectivity index (χ3v) is 5.93. The summed E-state index contributed by atoms with van der Waals surface area (Å²) < 4.78 is 10.5. The lowest BCUT2D eigenvalue weighted by Crippen LogP contribution is -2.45. The quantitative estimate of drug-likeness (QED) is 0.547. The van der Waals surface area contributed by atoms with Crippen molar-refractivity contribution >= 4 is 28.8 Å². The predicted molar refractivity (Wildman–Crippen MR) is 132 cm³/mol. The van der Waals surface area contributed by atoms with E-state index in [9.17, 15) is 4.79 Å². The van der Waals surface area contributed by atoms with Gasteiger partial charge in [-0.15, -0.1) is 0 Å². The molecule has 2 aromatic heterocycles. The fourth-order valence-electron chi connectivity index (χ4n) is 3.94. The summed E-state index contributed by atoms with van der Waals surface area (Å²) in [6, 6.07) is 14.8. The maximum absolute atomic E-state index is 13.6. The molecule has 4 rings (SSSR count).